The van der Waals surface area contributed by atoms with Crippen LogP contribution in [0, 0.1) is 0 Å². The third-order valence-electron chi connectivity index (χ3n) is 4.37. The molecule has 2 heterocycles. The fourth-order valence-corrected chi connectivity index (χ4v) is 5.30. The lowest BCUT2D eigenvalue weighted by Gasteiger charge is -2.26. The molecule has 1 saturated heterocycles. The van der Waals surface area contributed by atoms with Crippen molar-refractivity contribution in [1.29, 1.82) is 0 Å². The van der Waals surface area contributed by atoms with Crippen LogP contribution in [0.1, 0.15) is 38.2 Å². The molecule has 0 saturated carbocycles. The maximum absolute atomic E-state index is 13.0. The van der Waals surface area contributed by atoms with Crippen LogP contribution in [-0.4, -0.2) is 31.9 Å². The standard InChI is InChI=1S/C15H22N2O3S/c1-2-13-6-3-7-17(13)21(18,19)14-10-12(16)9-11-5-4-8-20-15(11)14/h9-10,13H,2-8,16H2,1H3. The number of sulfonamides is 1. The van der Waals surface area contributed by atoms with Crippen LogP contribution < -0.4 is 10.5 Å². The number of fused-ring (bicyclic) bond motifs is 1. The topological polar surface area (TPSA) is 72.6 Å². The molecule has 0 aromatic heterocycles. The first-order chi connectivity index (χ1) is 10.0. The molecule has 2 aliphatic heterocycles. The molecule has 0 spiro atoms. The molecule has 1 aromatic carbocycles. The highest BCUT2D eigenvalue weighted by molar-refractivity contribution is 7.89. The number of ether oxygens (including phenoxy) is 1. The Hall–Kier alpha value is -1.27. The number of anilines is 1. The van der Waals surface area contributed by atoms with E-state index in [0.717, 1.165) is 37.7 Å². The minimum Gasteiger partial charge on any atom is -0.492 e. The molecule has 5 nitrogen and oxygen atoms in total. The second-order valence-corrected chi connectivity index (χ2v) is 7.64. The molecule has 1 atom stereocenters. The van der Waals surface area contributed by atoms with Crippen molar-refractivity contribution in [2.75, 3.05) is 18.9 Å². The number of nitrogen functional groups attached to an aromatic ring is 1. The van der Waals surface area contributed by atoms with E-state index < -0.39 is 10.0 Å². The highest BCUT2D eigenvalue weighted by Crippen LogP contribution is 2.38. The average Bonchev–Trinajstić information content (AvgIpc) is 2.95. The van der Waals surface area contributed by atoms with Gasteiger partial charge in [-0.3, -0.25) is 0 Å². The Morgan fingerprint density at radius 1 is 1.38 bits per heavy atom. The smallest absolute Gasteiger partial charge is 0.247 e. The van der Waals surface area contributed by atoms with Crippen LogP contribution >= 0.6 is 0 Å². The van der Waals surface area contributed by atoms with Crippen LogP contribution in [0.15, 0.2) is 17.0 Å². The molecule has 1 aromatic rings. The van der Waals surface area contributed by atoms with Crippen molar-refractivity contribution < 1.29 is 13.2 Å². The van der Waals surface area contributed by atoms with Crippen molar-refractivity contribution in [2.24, 2.45) is 0 Å². The third kappa shape index (κ3) is 2.51. The average molecular weight is 310 g/mol. The van der Waals surface area contributed by atoms with Gasteiger partial charge in [-0.15, -0.1) is 0 Å². The molecule has 0 amide bonds. The molecule has 116 valence electrons. The summed E-state index contributed by atoms with van der Waals surface area (Å²) in [7, 11) is -3.54. The van der Waals surface area contributed by atoms with Gasteiger partial charge in [-0.25, -0.2) is 8.42 Å². The summed E-state index contributed by atoms with van der Waals surface area (Å²) in [6.07, 6.45) is 4.41. The van der Waals surface area contributed by atoms with Crippen LogP contribution in [0.4, 0.5) is 5.69 Å². The molecule has 1 unspecified atom stereocenters. The zero-order chi connectivity index (χ0) is 15.0. The molecule has 0 bridgehead atoms. The zero-order valence-corrected chi connectivity index (χ0v) is 13.2. The van der Waals surface area contributed by atoms with Gasteiger partial charge in [-0.05, 0) is 49.8 Å². The van der Waals surface area contributed by atoms with Crippen molar-refractivity contribution in [2.45, 2.75) is 50.0 Å². The van der Waals surface area contributed by atoms with E-state index in [1.54, 1.807) is 10.4 Å². The van der Waals surface area contributed by atoms with Gasteiger partial charge in [0, 0.05) is 18.3 Å². The van der Waals surface area contributed by atoms with Crippen molar-refractivity contribution >= 4 is 15.7 Å². The SMILES string of the molecule is CCC1CCCN1S(=O)(=O)c1cc(N)cc2c1OCCC2. The van der Waals surface area contributed by atoms with Crippen LogP contribution in [-0.2, 0) is 16.4 Å². The van der Waals surface area contributed by atoms with E-state index in [1.807, 2.05) is 13.0 Å². The van der Waals surface area contributed by atoms with Crippen molar-refractivity contribution in [3.05, 3.63) is 17.7 Å². The summed E-state index contributed by atoms with van der Waals surface area (Å²) in [5.74, 6) is 0.511. The normalized spacial score (nSPS) is 22.8. The van der Waals surface area contributed by atoms with Gasteiger partial charge in [0.25, 0.3) is 0 Å². The van der Waals surface area contributed by atoms with Crippen molar-refractivity contribution in [3.8, 4) is 5.75 Å². The van der Waals surface area contributed by atoms with E-state index in [2.05, 4.69) is 0 Å². The summed E-state index contributed by atoms with van der Waals surface area (Å²) in [5.41, 5.74) is 7.31. The lowest BCUT2D eigenvalue weighted by molar-refractivity contribution is 0.278. The summed E-state index contributed by atoms with van der Waals surface area (Å²) < 4.78 is 33.3. The van der Waals surface area contributed by atoms with Crippen molar-refractivity contribution in [3.63, 3.8) is 0 Å². The Labute approximate surface area is 126 Å². The maximum Gasteiger partial charge on any atom is 0.247 e. The van der Waals surface area contributed by atoms with Gasteiger partial charge in [-0.2, -0.15) is 4.31 Å². The summed E-state index contributed by atoms with van der Waals surface area (Å²) in [4.78, 5) is 0.248. The molecule has 0 radical (unpaired) electrons. The number of hydrogen-bond donors (Lipinski definition) is 1. The molecule has 6 heteroatoms. The molecular formula is C15H22N2O3S. The van der Waals surface area contributed by atoms with Gasteiger partial charge in [0.2, 0.25) is 10.0 Å². The quantitative estimate of drug-likeness (QED) is 0.868. The Morgan fingerprint density at radius 2 is 2.19 bits per heavy atom. The van der Waals surface area contributed by atoms with Gasteiger partial charge in [-0.1, -0.05) is 6.92 Å². The van der Waals surface area contributed by atoms with Gasteiger partial charge >= 0.3 is 0 Å². The number of nitrogens with two attached hydrogens (primary N) is 1. The first-order valence-corrected chi connectivity index (χ1v) is 9.05. The molecule has 2 aliphatic rings. The van der Waals surface area contributed by atoms with Gasteiger partial charge in [0.05, 0.1) is 6.61 Å². The third-order valence-corrected chi connectivity index (χ3v) is 6.33. The van der Waals surface area contributed by atoms with Crippen LogP contribution in [0.3, 0.4) is 0 Å². The lowest BCUT2D eigenvalue weighted by atomic mass is 10.1. The van der Waals surface area contributed by atoms with Crippen LogP contribution in [0.25, 0.3) is 0 Å². The van der Waals surface area contributed by atoms with Gasteiger partial charge in [0.15, 0.2) is 0 Å². The summed E-state index contributed by atoms with van der Waals surface area (Å²) >= 11 is 0. The van der Waals surface area contributed by atoms with Crippen molar-refractivity contribution in [1.82, 2.24) is 4.31 Å². The number of rotatable bonds is 3. The number of nitrogens with zero attached hydrogens (tertiary/aromatic N) is 1. The van der Waals surface area contributed by atoms with E-state index in [0.29, 0.717) is 24.6 Å². The Kier molecular flexibility index (Phi) is 3.84. The minimum absolute atomic E-state index is 0.0932. The summed E-state index contributed by atoms with van der Waals surface area (Å²) in [6, 6.07) is 3.47. The predicted octanol–water partition coefficient (Wildman–Crippen LogP) is 2.16. The van der Waals surface area contributed by atoms with E-state index >= 15 is 0 Å². The molecule has 3 rings (SSSR count). The number of hydrogen-bond acceptors (Lipinski definition) is 4. The molecule has 0 aliphatic carbocycles. The highest BCUT2D eigenvalue weighted by Gasteiger charge is 2.37. The second-order valence-electron chi connectivity index (χ2n) is 5.78. The van der Waals surface area contributed by atoms with Gasteiger partial charge < -0.3 is 10.5 Å². The van der Waals surface area contributed by atoms with E-state index in [1.165, 1.54) is 0 Å². The lowest BCUT2D eigenvalue weighted by Crippen LogP contribution is -2.35. The monoisotopic (exact) mass is 310 g/mol. The first kappa shape index (κ1) is 14.7. The Morgan fingerprint density at radius 3 is 2.95 bits per heavy atom. The number of benzene rings is 1. The summed E-state index contributed by atoms with van der Waals surface area (Å²) in [6.45, 7) is 3.19. The Balaban J connectivity index is 2.08. The Bertz CT molecular complexity index is 643. The van der Waals surface area contributed by atoms with Gasteiger partial charge in [0.1, 0.15) is 10.6 Å². The zero-order valence-electron chi connectivity index (χ0n) is 12.3. The minimum atomic E-state index is -3.54. The fraction of sp³-hybridized carbons (Fsp3) is 0.600. The fourth-order valence-electron chi connectivity index (χ4n) is 3.32. The maximum atomic E-state index is 13.0. The molecule has 21 heavy (non-hydrogen) atoms. The molecule has 1 fully saturated rings. The first-order valence-electron chi connectivity index (χ1n) is 7.61. The highest BCUT2D eigenvalue weighted by atomic mass is 32.2. The van der Waals surface area contributed by atoms with E-state index in [9.17, 15) is 8.42 Å². The predicted molar refractivity (Wildman–Crippen MR) is 81.9 cm³/mol. The molecule has 2 N–H and O–H groups in total. The van der Waals surface area contributed by atoms with E-state index in [-0.39, 0.29) is 10.9 Å². The molecular weight excluding hydrogens is 288 g/mol. The van der Waals surface area contributed by atoms with Crippen LogP contribution in [0.2, 0.25) is 0 Å². The second kappa shape index (κ2) is 5.50. The van der Waals surface area contributed by atoms with E-state index in [4.69, 9.17) is 10.5 Å². The van der Waals surface area contributed by atoms with Crippen LogP contribution in [0.5, 0.6) is 5.75 Å². The number of aryl methyl sites for hydroxylation is 1. The largest absolute Gasteiger partial charge is 0.492 e. The summed E-state index contributed by atoms with van der Waals surface area (Å²) in [5, 5.41) is 0.